The molecule has 5 rings (SSSR count). The van der Waals surface area contributed by atoms with Gasteiger partial charge in [0.1, 0.15) is 0 Å². The first kappa shape index (κ1) is 27.2. The Morgan fingerprint density at radius 3 is 2.14 bits per heavy atom. The van der Waals surface area contributed by atoms with E-state index in [9.17, 15) is 14.7 Å². The van der Waals surface area contributed by atoms with Gasteiger partial charge in [0.25, 0.3) is 0 Å². The van der Waals surface area contributed by atoms with Crippen molar-refractivity contribution in [3.05, 3.63) is 11.6 Å². The molecule has 0 unspecified atom stereocenters. The van der Waals surface area contributed by atoms with E-state index in [-0.39, 0.29) is 45.6 Å². The number of aliphatic hydroxyl groups is 1. The molecule has 0 spiro atoms. The number of aliphatic hydroxyl groups excluding tert-OH is 1. The molecule has 0 aromatic rings. The summed E-state index contributed by atoms with van der Waals surface area (Å²) in [6.07, 6.45) is 11.3. The number of methoxy groups -OCH3 is 2. The number of carbonyl (C=O) groups is 2. The van der Waals surface area contributed by atoms with Crippen LogP contribution in [-0.4, -0.2) is 37.4 Å². The zero-order valence-corrected chi connectivity index (χ0v) is 24.5. The van der Waals surface area contributed by atoms with Gasteiger partial charge >= 0.3 is 11.9 Å². The smallest absolute Gasteiger partial charge is 0.316 e. The summed E-state index contributed by atoms with van der Waals surface area (Å²) in [5.41, 5.74) is -0.118. The van der Waals surface area contributed by atoms with Crippen LogP contribution in [0.2, 0.25) is 0 Å². The van der Waals surface area contributed by atoms with E-state index >= 15 is 0 Å². The summed E-state index contributed by atoms with van der Waals surface area (Å²) in [6, 6.07) is 0. The SMILES string of the molecule is COC(=O)[C@]1(C)CC[C@]2(C)CC[C@]3(C(=O)OC)C(=CC[C@@H]4[C@@]5(C)CC[C@@H](O)C(C)(C)[C@@H]5CC[C@]43C)[C@@H]2C1. The highest BCUT2D eigenvalue weighted by Gasteiger charge is 2.72. The van der Waals surface area contributed by atoms with E-state index in [0.29, 0.717) is 11.8 Å². The number of allylic oxidation sites excluding steroid dienone is 1. The van der Waals surface area contributed by atoms with Gasteiger partial charge in [-0.1, -0.05) is 46.3 Å². The maximum Gasteiger partial charge on any atom is 0.316 e. The minimum Gasteiger partial charge on any atom is -0.469 e. The molecule has 4 saturated carbocycles. The Hall–Kier alpha value is -1.36. The van der Waals surface area contributed by atoms with Crippen LogP contribution in [0.4, 0.5) is 0 Å². The molecule has 9 atom stereocenters. The third-order valence-corrected chi connectivity index (χ3v) is 13.5. The fraction of sp³-hybridized carbons (Fsp3) is 0.875. The third-order valence-electron chi connectivity index (χ3n) is 13.5. The van der Waals surface area contributed by atoms with E-state index < -0.39 is 10.8 Å². The lowest BCUT2D eigenvalue weighted by molar-refractivity contribution is -0.215. The van der Waals surface area contributed by atoms with Crippen molar-refractivity contribution in [2.75, 3.05) is 14.2 Å². The average Bonchev–Trinajstić information content (AvgIpc) is 2.85. The second kappa shape index (κ2) is 8.32. The van der Waals surface area contributed by atoms with Crippen molar-refractivity contribution < 1.29 is 24.2 Å². The predicted molar refractivity (Wildman–Crippen MR) is 143 cm³/mol. The van der Waals surface area contributed by atoms with Crippen LogP contribution in [0.15, 0.2) is 11.6 Å². The van der Waals surface area contributed by atoms with Gasteiger partial charge in [0.15, 0.2) is 0 Å². The minimum absolute atomic E-state index is 0.0621. The summed E-state index contributed by atoms with van der Waals surface area (Å²) in [7, 11) is 3.05. The molecule has 1 N–H and O–H groups in total. The molecule has 0 aromatic heterocycles. The Balaban J connectivity index is 1.64. The van der Waals surface area contributed by atoms with Crippen LogP contribution in [0.25, 0.3) is 0 Å². The van der Waals surface area contributed by atoms with Crippen LogP contribution >= 0.6 is 0 Å². The topological polar surface area (TPSA) is 72.8 Å². The molecule has 0 aliphatic heterocycles. The average molecular weight is 515 g/mol. The van der Waals surface area contributed by atoms with Crippen LogP contribution in [0.5, 0.6) is 0 Å². The molecule has 5 aliphatic rings. The largest absolute Gasteiger partial charge is 0.469 e. The van der Waals surface area contributed by atoms with Crippen molar-refractivity contribution in [3.8, 4) is 0 Å². The van der Waals surface area contributed by atoms with Gasteiger partial charge in [-0.2, -0.15) is 0 Å². The fourth-order valence-corrected chi connectivity index (χ4v) is 11.1. The number of fused-ring (bicyclic) bond motifs is 7. The first-order chi connectivity index (χ1) is 17.2. The van der Waals surface area contributed by atoms with E-state index in [0.717, 1.165) is 64.2 Å². The highest BCUT2D eigenvalue weighted by Crippen LogP contribution is 2.76. The van der Waals surface area contributed by atoms with Crippen LogP contribution < -0.4 is 0 Å². The standard InChI is InChI=1S/C32H50O5/c1-27(2)22-11-14-31(6)23(30(22,5)13-12-24(27)33)10-9-20-21-19-29(4,25(34)36-7)16-15-28(21,3)17-18-32(20,31)26(35)37-8/h9,21-24,33H,10-19H2,1-8H3/t21-,22-,23+,24+,28+,29+,30-,31+,32+/m0/s1. The first-order valence-electron chi connectivity index (χ1n) is 14.7. The zero-order valence-electron chi connectivity index (χ0n) is 24.5. The maximum atomic E-state index is 14.2. The molecular weight excluding hydrogens is 464 g/mol. The van der Waals surface area contributed by atoms with Crippen molar-refractivity contribution in [2.45, 2.75) is 112 Å². The van der Waals surface area contributed by atoms with Crippen molar-refractivity contribution in [1.29, 1.82) is 0 Å². The minimum atomic E-state index is -0.655. The van der Waals surface area contributed by atoms with Crippen molar-refractivity contribution in [3.63, 3.8) is 0 Å². The van der Waals surface area contributed by atoms with Gasteiger partial charge in [-0.05, 0) is 111 Å². The number of ether oxygens (including phenoxy) is 2. The molecule has 5 heteroatoms. The molecule has 0 amide bonds. The summed E-state index contributed by atoms with van der Waals surface area (Å²) in [6.45, 7) is 13.8. The summed E-state index contributed by atoms with van der Waals surface area (Å²) in [4.78, 5) is 27.1. The van der Waals surface area contributed by atoms with E-state index in [1.54, 1.807) is 7.11 Å². The molecule has 5 aliphatic carbocycles. The number of esters is 2. The maximum absolute atomic E-state index is 14.2. The lowest BCUT2D eigenvalue weighted by Crippen LogP contribution is -2.67. The Morgan fingerprint density at radius 2 is 1.49 bits per heavy atom. The van der Waals surface area contributed by atoms with E-state index in [2.05, 4.69) is 47.6 Å². The molecule has 0 radical (unpaired) electrons. The molecule has 5 nitrogen and oxygen atoms in total. The quantitative estimate of drug-likeness (QED) is 0.337. The summed E-state index contributed by atoms with van der Waals surface area (Å²) < 4.78 is 11.0. The van der Waals surface area contributed by atoms with E-state index in [1.807, 2.05) is 0 Å². The fourth-order valence-electron chi connectivity index (χ4n) is 11.1. The molecule has 37 heavy (non-hydrogen) atoms. The molecular formula is C32H50O5. The first-order valence-corrected chi connectivity index (χ1v) is 14.7. The number of rotatable bonds is 2. The molecule has 0 bridgehead atoms. The number of hydrogen-bond acceptors (Lipinski definition) is 5. The summed E-state index contributed by atoms with van der Waals surface area (Å²) in [5.74, 6) is 0.757. The lowest BCUT2D eigenvalue weighted by Gasteiger charge is -2.70. The Labute approximate surface area is 224 Å². The van der Waals surface area contributed by atoms with E-state index in [4.69, 9.17) is 9.47 Å². The van der Waals surface area contributed by atoms with Gasteiger partial charge in [-0.3, -0.25) is 9.59 Å². The monoisotopic (exact) mass is 514 g/mol. The van der Waals surface area contributed by atoms with Crippen molar-refractivity contribution in [2.24, 2.45) is 50.2 Å². The highest BCUT2D eigenvalue weighted by atomic mass is 16.5. The molecule has 4 fully saturated rings. The predicted octanol–water partition coefficient (Wildman–Crippen LogP) is 6.48. The van der Waals surface area contributed by atoms with Gasteiger partial charge in [-0.25, -0.2) is 0 Å². The number of carbonyl (C=O) groups excluding carboxylic acids is 2. The number of hydrogen-bond donors (Lipinski definition) is 1. The van der Waals surface area contributed by atoms with Crippen LogP contribution in [-0.2, 0) is 19.1 Å². The molecule has 0 heterocycles. The second-order valence-electron chi connectivity index (χ2n) is 15.2. The second-order valence-corrected chi connectivity index (χ2v) is 15.2. The van der Waals surface area contributed by atoms with E-state index in [1.165, 1.54) is 12.7 Å². The molecule has 208 valence electrons. The molecule has 0 saturated heterocycles. The van der Waals surface area contributed by atoms with Gasteiger partial charge in [0.2, 0.25) is 0 Å². The summed E-state index contributed by atoms with van der Waals surface area (Å²) in [5, 5.41) is 11.0. The third kappa shape index (κ3) is 3.31. The van der Waals surface area contributed by atoms with Crippen LogP contribution in [0, 0.1) is 50.2 Å². The van der Waals surface area contributed by atoms with Gasteiger partial charge in [-0.15, -0.1) is 0 Å². The van der Waals surface area contributed by atoms with Crippen LogP contribution in [0.1, 0.15) is 106 Å². The summed E-state index contributed by atoms with van der Waals surface area (Å²) >= 11 is 0. The van der Waals surface area contributed by atoms with Crippen molar-refractivity contribution >= 4 is 11.9 Å². The lowest BCUT2D eigenvalue weighted by atomic mass is 9.33. The van der Waals surface area contributed by atoms with Gasteiger partial charge in [0.05, 0.1) is 31.2 Å². The molecule has 0 aromatic carbocycles. The van der Waals surface area contributed by atoms with Crippen LogP contribution in [0.3, 0.4) is 0 Å². The Morgan fingerprint density at radius 1 is 0.838 bits per heavy atom. The Kier molecular flexibility index (Phi) is 6.12. The Bertz CT molecular complexity index is 1010. The van der Waals surface area contributed by atoms with Gasteiger partial charge in [0, 0.05) is 0 Å². The normalized spacial score (nSPS) is 50.4. The van der Waals surface area contributed by atoms with Crippen molar-refractivity contribution in [1.82, 2.24) is 0 Å². The zero-order chi connectivity index (χ0) is 27.2. The van der Waals surface area contributed by atoms with Gasteiger partial charge < -0.3 is 14.6 Å². The highest BCUT2D eigenvalue weighted by molar-refractivity contribution is 5.83.